The van der Waals surface area contributed by atoms with Crippen LogP contribution in [0.1, 0.15) is 15.9 Å². The third-order valence-corrected chi connectivity index (χ3v) is 4.32. The third-order valence-electron chi connectivity index (χ3n) is 3.63. The van der Waals surface area contributed by atoms with Crippen LogP contribution in [0.3, 0.4) is 0 Å². The molecule has 0 spiro atoms. The summed E-state index contributed by atoms with van der Waals surface area (Å²) < 4.78 is 19.0. The number of nitrogens with one attached hydrogen (secondary N) is 2. The van der Waals surface area contributed by atoms with Gasteiger partial charge in [0, 0.05) is 10.2 Å². The predicted octanol–water partition coefficient (Wildman–Crippen LogP) is 5.13. The molecule has 3 aromatic rings. The number of esters is 1. The average Bonchev–Trinajstić information content (AvgIpc) is 2.71. The zero-order chi connectivity index (χ0) is 20.6. The molecule has 0 aromatic heterocycles. The van der Waals surface area contributed by atoms with Gasteiger partial charge in [0.05, 0.1) is 11.8 Å². The monoisotopic (exact) mass is 471 g/mol. The fraction of sp³-hybridized carbons (Fsp3) is 0. The van der Waals surface area contributed by atoms with Crippen molar-refractivity contribution in [3.05, 3.63) is 94.2 Å². The molecular weight excluding hydrogens is 457 g/mol. The molecule has 3 aromatic carbocycles. The Balaban J connectivity index is 1.51. The van der Waals surface area contributed by atoms with Gasteiger partial charge in [-0.15, -0.1) is 0 Å². The summed E-state index contributed by atoms with van der Waals surface area (Å²) in [5.74, 6) is -0.335. The number of halogens is 2. The minimum atomic E-state index is -0.438. The van der Waals surface area contributed by atoms with Crippen LogP contribution in [-0.2, 0) is 0 Å². The lowest BCUT2D eigenvalue weighted by molar-refractivity contribution is 0.0734. The second-order valence-electron chi connectivity index (χ2n) is 5.80. The maximum atomic E-state index is 12.9. The lowest BCUT2D eigenvalue weighted by Crippen LogP contribution is -2.23. The topological polar surface area (TPSA) is 62.7 Å². The molecule has 0 radical (unpaired) electrons. The lowest BCUT2D eigenvalue weighted by atomic mass is 10.2. The smallest absolute Gasteiger partial charge is 0.343 e. The number of rotatable bonds is 5. The summed E-state index contributed by atoms with van der Waals surface area (Å²) in [6, 6.07) is 19.6. The Bertz CT molecular complexity index is 1040. The first-order valence-corrected chi connectivity index (χ1v) is 9.63. The second kappa shape index (κ2) is 9.90. The summed E-state index contributed by atoms with van der Waals surface area (Å²) in [6.45, 7) is 0. The van der Waals surface area contributed by atoms with Crippen molar-refractivity contribution in [3.8, 4) is 5.75 Å². The Morgan fingerprint density at radius 2 is 1.79 bits per heavy atom. The van der Waals surface area contributed by atoms with E-state index in [-0.39, 0.29) is 10.9 Å². The molecule has 8 heteroatoms. The number of carbonyl (C=O) groups is 1. The van der Waals surface area contributed by atoms with E-state index in [0.717, 1.165) is 10.0 Å². The summed E-state index contributed by atoms with van der Waals surface area (Å²) >= 11 is 8.44. The first-order valence-electron chi connectivity index (χ1n) is 8.43. The van der Waals surface area contributed by atoms with Crippen molar-refractivity contribution in [1.29, 1.82) is 0 Å². The van der Waals surface area contributed by atoms with Gasteiger partial charge in [-0.25, -0.2) is 9.18 Å². The standard InChI is InChI=1S/C21H15BrFN3O2S/c22-16-3-1-2-15(12-16)20(27)28-19-10-4-14(5-11-19)13-24-26-21(29)25-18-8-6-17(23)7-9-18/h1-13H,(H2,25,26,29)/b24-13-. The van der Waals surface area contributed by atoms with E-state index >= 15 is 0 Å². The van der Waals surface area contributed by atoms with Gasteiger partial charge < -0.3 is 10.1 Å². The van der Waals surface area contributed by atoms with E-state index in [4.69, 9.17) is 17.0 Å². The average molecular weight is 472 g/mol. The normalized spacial score (nSPS) is 10.6. The van der Waals surface area contributed by atoms with E-state index in [1.807, 2.05) is 6.07 Å². The number of anilines is 1. The van der Waals surface area contributed by atoms with Crippen molar-refractivity contribution >= 4 is 51.1 Å². The van der Waals surface area contributed by atoms with E-state index in [1.165, 1.54) is 12.1 Å². The summed E-state index contributed by atoms with van der Waals surface area (Å²) in [5, 5.41) is 7.19. The molecule has 0 amide bonds. The largest absolute Gasteiger partial charge is 0.423 e. The van der Waals surface area contributed by atoms with Gasteiger partial charge in [-0.3, -0.25) is 5.43 Å². The summed E-state index contributed by atoms with van der Waals surface area (Å²) in [4.78, 5) is 12.1. The highest BCUT2D eigenvalue weighted by Gasteiger charge is 2.08. The molecule has 146 valence electrons. The maximum absolute atomic E-state index is 12.9. The molecule has 0 fully saturated rings. The third kappa shape index (κ3) is 6.48. The van der Waals surface area contributed by atoms with E-state index in [0.29, 0.717) is 17.0 Å². The number of nitrogens with zero attached hydrogens (tertiary/aromatic N) is 1. The molecule has 0 aliphatic heterocycles. The first-order chi connectivity index (χ1) is 14.0. The van der Waals surface area contributed by atoms with Gasteiger partial charge in [0.1, 0.15) is 11.6 Å². The van der Waals surface area contributed by atoms with E-state index in [9.17, 15) is 9.18 Å². The predicted molar refractivity (Wildman–Crippen MR) is 119 cm³/mol. The molecule has 0 heterocycles. The van der Waals surface area contributed by atoms with Crippen LogP contribution < -0.4 is 15.5 Å². The number of hydrogen-bond acceptors (Lipinski definition) is 4. The highest BCUT2D eigenvalue weighted by atomic mass is 79.9. The van der Waals surface area contributed by atoms with E-state index < -0.39 is 5.97 Å². The van der Waals surface area contributed by atoms with Crippen molar-refractivity contribution in [2.45, 2.75) is 0 Å². The number of thiocarbonyl (C=S) groups is 1. The maximum Gasteiger partial charge on any atom is 0.343 e. The van der Waals surface area contributed by atoms with Crippen molar-refractivity contribution in [2.75, 3.05) is 5.32 Å². The van der Waals surface area contributed by atoms with Crippen LogP contribution in [-0.4, -0.2) is 17.3 Å². The van der Waals surface area contributed by atoms with Crippen LogP contribution in [0.2, 0.25) is 0 Å². The highest BCUT2D eigenvalue weighted by Crippen LogP contribution is 2.16. The van der Waals surface area contributed by atoms with Gasteiger partial charge in [0.15, 0.2) is 5.11 Å². The molecule has 0 saturated carbocycles. The number of hydrazone groups is 1. The van der Waals surface area contributed by atoms with Crippen molar-refractivity contribution < 1.29 is 13.9 Å². The fourth-order valence-corrected chi connectivity index (χ4v) is 2.83. The summed E-state index contributed by atoms with van der Waals surface area (Å²) in [5.41, 5.74) is 4.56. The van der Waals surface area contributed by atoms with Crippen LogP contribution in [0, 0.1) is 5.82 Å². The fourth-order valence-electron chi connectivity index (χ4n) is 2.26. The van der Waals surface area contributed by atoms with Crippen molar-refractivity contribution in [3.63, 3.8) is 0 Å². The van der Waals surface area contributed by atoms with Crippen LogP contribution in [0.15, 0.2) is 82.4 Å². The first kappa shape index (κ1) is 20.6. The molecule has 0 aliphatic carbocycles. The van der Waals surface area contributed by atoms with Crippen LogP contribution in [0.5, 0.6) is 5.75 Å². The number of carbonyl (C=O) groups excluding carboxylic acids is 1. The van der Waals surface area contributed by atoms with Gasteiger partial charge in [0.25, 0.3) is 0 Å². The lowest BCUT2D eigenvalue weighted by Gasteiger charge is -2.07. The van der Waals surface area contributed by atoms with E-state index in [2.05, 4.69) is 31.8 Å². The molecular formula is C21H15BrFN3O2S. The molecule has 0 unspecified atom stereocenters. The summed E-state index contributed by atoms with van der Waals surface area (Å²) in [6.07, 6.45) is 1.57. The highest BCUT2D eigenvalue weighted by molar-refractivity contribution is 9.10. The SMILES string of the molecule is O=C(Oc1ccc(/C=N\NC(=S)Nc2ccc(F)cc2)cc1)c1cccc(Br)c1. The number of ether oxygens (including phenoxy) is 1. The zero-order valence-electron chi connectivity index (χ0n) is 14.9. The molecule has 0 atom stereocenters. The van der Waals surface area contributed by atoms with Gasteiger partial charge in [-0.05, 0) is 84.5 Å². The van der Waals surface area contributed by atoms with Gasteiger partial charge in [-0.2, -0.15) is 5.10 Å². The van der Waals surface area contributed by atoms with E-state index in [1.54, 1.807) is 60.8 Å². The Morgan fingerprint density at radius 1 is 1.07 bits per heavy atom. The van der Waals surface area contributed by atoms with Crippen molar-refractivity contribution in [2.24, 2.45) is 5.10 Å². The minimum Gasteiger partial charge on any atom is -0.423 e. The Hall–Kier alpha value is -3.10. The summed E-state index contributed by atoms with van der Waals surface area (Å²) in [7, 11) is 0. The Labute approximate surface area is 180 Å². The van der Waals surface area contributed by atoms with Crippen LogP contribution in [0.4, 0.5) is 10.1 Å². The number of benzene rings is 3. The van der Waals surface area contributed by atoms with Gasteiger partial charge >= 0.3 is 5.97 Å². The van der Waals surface area contributed by atoms with Crippen LogP contribution >= 0.6 is 28.1 Å². The quantitative estimate of drug-likeness (QED) is 0.177. The van der Waals surface area contributed by atoms with Gasteiger partial charge in [-0.1, -0.05) is 22.0 Å². The molecule has 2 N–H and O–H groups in total. The number of hydrogen-bond donors (Lipinski definition) is 2. The van der Waals surface area contributed by atoms with Crippen molar-refractivity contribution in [1.82, 2.24) is 5.43 Å². The zero-order valence-corrected chi connectivity index (χ0v) is 17.3. The Morgan fingerprint density at radius 3 is 2.48 bits per heavy atom. The molecule has 29 heavy (non-hydrogen) atoms. The molecule has 3 rings (SSSR count). The van der Waals surface area contributed by atoms with Gasteiger partial charge in [0.2, 0.25) is 0 Å². The molecule has 5 nitrogen and oxygen atoms in total. The molecule has 0 aliphatic rings. The second-order valence-corrected chi connectivity index (χ2v) is 7.12. The molecule has 0 saturated heterocycles. The Kier molecular flexibility index (Phi) is 7.04. The minimum absolute atomic E-state index is 0.271. The molecule has 0 bridgehead atoms. The van der Waals surface area contributed by atoms with Crippen LogP contribution in [0.25, 0.3) is 0 Å².